The number of hydrogen-bond donors (Lipinski definition) is 2. The molecule has 0 radical (unpaired) electrons. The quantitative estimate of drug-likeness (QED) is 0.824. The second-order valence-electron chi connectivity index (χ2n) is 3.74. The molecule has 2 N–H and O–H groups in total. The summed E-state index contributed by atoms with van der Waals surface area (Å²) < 4.78 is 5.46. The van der Waals surface area contributed by atoms with E-state index in [-0.39, 0.29) is 6.61 Å². The van der Waals surface area contributed by atoms with Crippen LogP contribution in [-0.2, 0) is 0 Å². The maximum absolute atomic E-state index is 9.49. The molecule has 5 heteroatoms. The molecule has 2 aromatic carbocycles. The van der Waals surface area contributed by atoms with E-state index in [9.17, 15) is 10.0 Å². The van der Waals surface area contributed by atoms with Crippen LogP contribution in [0.5, 0.6) is 5.75 Å². The normalized spacial score (nSPS) is 11.1. The highest BCUT2D eigenvalue weighted by molar-refractivity contribution is 6.63. The molecule has 0 aliphatic carbocycles. The van der Waals surface area contributed by atoms with Crippen LogP contribution in [0.3, 0.4) is 0 Å². The van der Waals surface area contributed by atoms with Gasteiger partial charge in [-0.25, -0.2) is 0 Å². The fourth-order valence-corrected chi connectivity index (χ4v) is 1.91. The molecular formula is C13H12BClO3. The Morgan fingerprint density at radius 2 is 1.94 bits per heavy atom. The molecule has 0 atom stereocenters. The van der Waals surface area contributed by atoms with Gasteiger partial charge in [0.05, 0.1) is 0 Å². The first-order valence-corrected chi connectivity index (χ1v) is 5.93. The second kappa shape index (κ2) is 5.91. The largest absolute Gasteiger partial charge is 0.492 e. The summed E-state index contributed by atoms with van der Waals surface area (Å²) in [7, 11) is -1.58. The number of halogens is 1. The molecule has 0 saturated carbocycles. The average molecular weight is 263 g/mol. The first-order valence-electron chi connectivity index (χ1n) is 5.50. The van der Waals surface area contributed by atoms with Crippen molar-refractivity contribution in [1.82, 2.24) is 0 Å². The fourth-order valence-electron chi connectivity index (χ4n) is 1.84. The summed E-state index contributed by atoms with van der Waals surface area (Å²) in [5.41, 5.74) is 1.73. The van der Waals surface area contributed by atoms with Crippen molar-refractivity contribution in [2.45, 2.75) is 0 Å². The van der Waals surface area contributed by atoms with E-state index >= 15 is 0 Å². The Morgan fingerprint density at radius 1 is 1.17 bits per heavy atom. The van der Waals surface area contributed by atoms with Gasteiger partial charge in [0.1, 0.15) is 12.4 Å². The summed E-state index contributed by atoms with van der Waals surface area (Å²) in [6.45, 7) is 0.279. The van der Waals surface area contributed by atoms with E-state index < -0.39 is 7.12 Å². The summed E-state index contributed by atoms with van der Waals surface area (Å²) in [5.74, 6) is 0.443. The summed E-state index contributed by atoms with van der Waals surface area (Å²) in [6, 6.07) is 11.1. The molecule has 0 aliphatic heterocycles. The highest BCUT2D eigenvalue weighted by Gasteiger charge is 2.20. The summed E-state index contributed by atoms with van der Waals surface area (Å²) in [5, 5.41) is 20.7. The highest BCUT2D eigenvalue weighted by Crippen LogP contribution is 2.19. The van der Waals surface area contributed by atoms with Crippen molar-refractivity contribution in [2.24, 2.45) is 0 Å². The minimum atomic E-state index is -1.58. The first kappa shape index (κ1) is 13.0. The molecule has 0 aliphatic rings. The molecule has 3 nitrogen and oxygen atoms in total. The van der Waals surface area contributed by atoms with Crippen LogP contribution >= 0.6 is 11.6 Å². The summed E-state index contributed by atoms with van der Waals surface area (Å²) in [6.07, 6.45) is 1.63. The van der Waals surface area contributed by atoms with Crippen LogP contribution in [0.25, 0.3) is 10.8 Å². The number of ether oxygens (including phenoxy) is 1. The highest BCUT2D eigenvalue weighted by atomic mass is 35.5. The van der Waals surface area contributed by atoms with Gasteiger partial charge < -0.3 is 14.8 Å². The lowest BCUT2D eigenvalue weighted by molar-refractivity contribution is 0.362. The zero-order valence-electron chi connectivity index (χ0n) is 9.58. The Morgan fingerprint density at radius 3 is 2.67 bits per heavy atom. The van der Waals surface area contributed by atoms with Gasteiger partial charge in [-0.2, -0.15) is 0 Å². The average Bonchev–Trinajstić information content (AvgIpc) is 2.38. The van der Waals surface area contributed by atoms with Crippen LogP contribution < -0.4 is 10.2 Å². The second-order valence-corrected chi connectivity index (χ2v) is 4.00. The third-order valence-electron chi connectivity index (χ3n) is 2.61. The van der Waals surface area contributed by atoms with E-state index in [0.717, 1.165) is 10.8 Å². The predicted molar refractivity (Wildman–Crippen MR) is 74.3 cm³/mol. The molecule has 0 spiro atoms. The van der Waals surface area contributed by atoms with E-state index in [1.807, 2.05) is 30.3 Å². The Hall–Kier alpha value is -1.49. The van der Waals surface area contributed by atoms with Gasteiger partial charge in [0.25, 0.3) is 0 Å². The molecule has 2 rings (SSSR count). The first-order chi connectivity index (χ1) is 8.74. The van der Waals surface area contributed by atoms with Crippen molar-refractivity contribution < 1.29 is 14.8 Å². The minimum absolute atomic E-state index is 0.279. The Kier molecular flexibility index (Phi) is 4.26. The summed E-state index contributed by atoms with van der Waals surface area (Å²) in [4.78, 5) is 0. The van der Waals surface area contributed by atoms with E-state index in [1.165, 1.54) is 5.54 Å². The number of hydrogen-bond acceptors (Lipinski definition) is 3. The van der Waals surface area contributed by atoms with Gasteiger partial charge in [0.2, 0.25) is 0 Å². The van der Waals surface area contributed by atoms with Crippen molar-refractivity contribution in [3.8, 4) is 5.75 Å². The van der Waals surface area contributed by atoms with Crippen molar-refractivity contribution >= 4 is 35.0 Å². The SMILES string of the molecule is OB(O)c1c(OC/C=C/Cl)ccc2ccccc12. The van der Waals surface area contributed by atoms with Crippen LogP contribution in [-0.4, -0.2) is 23.8 Å². The molecular weight excluding hydrogens is 250 g/mol. The van der Waals surface area contributed by atoms with Crippen molar-refractivity contribution in [3.05, 3.63) is 48.0 Å². The van der Waals surface area contributed by atoms with Crippen molar-refractivity contribution in [2.75, 3.05) is 6.61 Å². The standard InChI is InChI=1S/C13H12BClO3/c15-8-3-9-18-12-7-6-10-4-1-2-5-11(10)13(12)14(16)17/h1-8,16-17H,9H2/b8-3+. The molecule has 2 aromatic rings. The van der Waals surface area contributed by atoms with Crippen LogP contribution in [0.15, 0.2) is 48.0 Å². The third kappa shape index (κ3) is 2.67. The van der Waals surface area contributed by atoms with Crippen LogP contribution in [0, 0.1) is 0 Å². The van der Waals surface area contributed by atoms with Gasteiger partial charge in [0.15, 0.2) is 0 Å². The van der Waals surface area contributed by atoms with Gasteiger partial charge in [-0.15, -0.1) is 0 Å². The lowest BCUT2D eigenvalue weighted by Crippen LogP contribution is -2.32. The van der Waals surface area contributed by atoms with E-state index in [4.69, 9.17) is 16.3 Å². The third-order valence-corrected chi connectivity index (χ3v) is 2.79. The van der Waals surface area contributed by atoms with Gasteiger partial charge >= 0.3 is 7.12 Å². The summed E-state index contributed by atoms with van der Waals surface area (Å²) >= 11 is 5.41. The van der Waals surface area contributed by atoms with Gasteiger partial charge in [0, 0.05) is 11.0 Å². The molecule has 0 saturated heterocycles. The van der Waals surface area contributed by atoms with Crippen molar-refractivity contribution in [1.29, 1.82) is 0 Å². The Balaban J connectivity index is 2.49. The monoisotopic (exact) mass is 262 g/mol. The molecule has 0 heterocycles. The Bertz CT molecular complexity index is 569. The van der Waals surface area contributed by atoms with Crippen LogP contribution in [0.2, 0.25) is 0 Å². The topological polar surface area (TPSA) is 49.7 Å². The van der Waals surface area contributed by atoms with E-state index in [2.05, 4.69) is 0 Å². The lowest BCUT2D eigenvalue weighted by atomic mass is 9.76. The number of rotatable bonds is 4. The molecule has 0 unspecified atom stereocenters. The van der Waals surface area contributed by atoms with Gasteiger partial charge in [-0.05, 0) is 22.9 Å². The maximum Gasteiger partial charge on any atom is 0.492 e. The van der Waals surface area contributed by atoms with Crippen LogP contribution in [0.4, 0.5) is 0 Å². The molecule has 0 bridgehead atoms. The molecule has 0 fully saturated rings. The maximum atomic E-state index is 9.49. The molecule has 0 amide bonds. The predicted octanol–water partition coefficient (Wildman–Crippen LogP) is 1.65. The number of fused-ring (bicyclic) bond motifs is 1. The molecule has 18 heavy (non-hydrogen) atoms. The van der Waals surface area contributed by atoms with Crippen molar-refractivity contribution in [3.63, 3.8) is 0 Å². The molecule has 0 aromatic heterocycles. The van der Waals surface area contributed by atoms with Gasteiger partial charge in [-0.3, -0.25) is 0 Å². The van der Waals surface area contributed by atoms with Crippen LogP contribution in [0.1, 0.15) is 0 Å². The fraction of sp³-hybridized carbons (Fsp3) is 0.0769. The lowest BCUT2D eigenvalue weighted by Gasteiger charge is -2.12. The molecule has 92 valence electrons. The smallest absolute Gasteiger partial charge is 0.490 e. The van der Waals surface area contributed by atoms with E-state index in [1.54, 1.807) is 12.1 Å². The number of benzene rings is 2. The van der Waals surface area contributed by atoms with Gasteiger partial charge in [-0.1, -0.05) is 41.9 Å². The zero-order chi connectivity index (χ0) is 13.0. The minimum Gasteiger partial charge on any atom is -0.490 e. The van der Waals surface area contributed by atoms with E-state index in [0.29, 0.717) is 11.2 Å². The zero-order valence-corrected chi connectivity index (χ0v) is 10.3. The Labute approximate surface area is 110 Å².